The van der Waals surface area contributed by atoms with E-state index in [0.717, 1.165) is 18.0 Å². The first kappa shape index (κ1) is 20.0. The van der Waals surface area contributed by atoms with Gasteiger partial charge in [0.05, 0.1) is 13.0 Å². The number of hydrogen-bond acceptors (Lipinski definition) is 3. The van der Waals surface area contributed by atoms with Crippen LogP contribution in [-0.4, -0.2) is 60.9 Å². The molecule has 0 aromatic heterocycles. The van der Waals surface area contributed by atoms with Crippen LogP contribution in [0.5, 0.6) is 0 Å². The second kappa shape index (κ2) is 9.41. The minimum Gasteiger partial charge on any atom is -0.339 e. The van der Waals surface area contributed by atoms with Gasteiger partial charge in [0.15, 0.2) is 0 Å². The van der Waals surface area contributed by atoms with Crippen LogP contribution in [0.1, 0.15) is 18.4 Å². The normalized spacial score (nSPS) is 17.2. The molecule has 0 spiro atoms. The molecule has 7 heteroatoms. The van der Waals surface area contributed by atoms with Gasteiger partial charge in [0.25, 0.3) is 0 Å². The van der Waals surface area contributed by atoms with Crippen LogP contribution < -0.4 is 5.32 Å². The van der Waals surface area contributed by atoms with Gasteiger partial charge in [-0.1, -0.05) is 29.8 Å². The topological polar surface area (TPSA) is 52.7 Å². The Morgan fingerprint density at radius 1 is 1.04 bits per heavy atom. The van der Waals surface area contributed by atoms with Crippen molar-refractivity contribution in [1.29, 1.82) is 0 Å². The van der Waals surface area contributed by atoms with Crippen molar-refractivity contribution in [3.63, 3.8) is 0 Å². The second-order valence-corrected chi connectivity index (χ2v) is 7.01. The molecule has 2 aliphatic rings. The zero-order valence-electron chi connectivity index (χ0n) is 14.2. The molecular formula is C18H25Cl2N3O2. The van der Waals surface area contributed by atoms with Crippen LogP contribution in [0.4, 0.5) is 0 Å². The van der Waals surface area contributed by atoms with Crippen molar-refractivity contribution in [2.45, 2.75) is 19.3 Å². The molecule has 25 heavy (non-hydrogen) atoms. The summed E-state index contributed by atoms with van der Waals surface area (Å²) in [6.07, 6.45) is 2.89. The summed E-state index contributed by atoms with van der Waals surface area (Å²) in [4.78, 5) is 28.2. The van der Waals surface area contributed by atoms with Gasteiger partial charge < -0.3 is 15.1 Å². The van der Waals surface area contributed by atoms with E-state index in [4.69, 9.17) is 11.6 Å². The molecule has 1 saturated heterocycles. The van der Waals surface area contributed by atoms with Crippen molar-refractivity contribution >= 4 is 35.8 Å². The monoisotopic (exact) mass is 385 g/mol. The van der Waals surface area contributed by atoms with E-state index in [2.05, 4.69) is 5.32 Å². The zero-order chi connectivity index (χ0) is 16.9. The van der Waals surface area contributed by atoms with Crippen molar-refractivity contribution in [2.75, 3.05) is 39.3 Å². The number of halogens is 2. The average molecular weight is 386 g/mol. The van der Waals surface area contributed by atoms with E-state index in [1.807, 2.05) is 28.0 Å². The Hall–Kier alpha value is -1.30. The Morgan fingerprint density at radius 3 is 2.24 bits per heavy atom. The Morgan fingerprint density at radius 2 is 1.64 bits per heavy atom. The molecule has 138 valence electrons. The van der Waals surface area contributed by atoms with Gasteiger partial charge in [0.1, 0.15) is 0 Å². The number of nitrogens with one attached hydrogen (secondary N) is 1. The first-order chi connectivity index (χ1) is 11.6. The first-order valence-corrected chi connectivity index (χ1v) is 9.01. The van der Waals surface area contributed by atoms with E-state index < -0.39 is 0 Å². The Bertz CT molecular complexity index is 600. The van der Waals surface area contributed by atoms with E-state index >= 15 is 0 Å². The molecule has 2 amide bonds. The highest BCUT2D eigenvalue weighted by Crippen LogP contribution is 2.27. The van der Waals surface area contributed by atoms with Crippen molar-refractivity contribution in [1.82, 2.24) is 15.1 Å². The maximum Gasteiger partial charge on any atom is 0.236 e. The van der Waals surface area contributed by atoms with Crippen molar-refractivity contribution in [2.24, 2.45) is 5.92 Å². The summed E-state index contributed by atoms with van der Waals surface area (Å²) < 4.78 is 0. The van der Waals surface area contributed by atoms with Crippen LogP contribution in [0.25, 0.3) is 0 Å². The Kier molecular flexibility index (Phi) is 7.54. The molecule has 5 nitrogen and oxygen atoms in total. The fourth-order valence-electron chi connectivity index (χ4n) is 2.94. The molecule has 1 N–H and O–H groups in total. The van der Waals surface area contributed by atoms with Crippen molar-refractivity contribution in [3.8, 4) is 0 Å². The van der Waals surface area contributed by atoms with E-state index in [0.29, 0.717) is 44.2 Å². The van der Waals surface area contributed by atoms with Gasteiger partial charge in [-0.3, -0.25) is 9.59 Å². The number of carbonyl (C=O) groups is 2. The lowest BCUT2D eigenvalue weighted by molar-refractivity contribution is -0.138. The largest absolute Gasteiger partial charge is 0.339 e. The summed E-state index contributed by atoms with van der Waals surface area (Å²) >= 11 is 6.12. The van der Waals surface area contributed by atoms with Gasteiger partial charge in [-0.2, -0.15) is 0 Å². The van der Waals surface area contributed by atoms with E-state index in [1.54, 1.807) is 6.07 Å². The zero-order valence-corrected chi connectivity index (χ0v) is 15.8. The van der Waals surface area contributed by atoms with Crippen LogP contribution in [0.2, 0.25) is 5.02 Å². The minimum absolute atomic E-state index is 0. The highest BCUT2D eigenvalue weighted by atomic mass is 35.5. The third-order valence-corrected chi connectivity index (χ3v) is 5.06. The van der Waals surface area contributed by atoms with Crippen LogP contribution >= 0.6 is 24.0 Å². The predicted molar refractivity (Wildman–Crippen MR) is 101 cm³/mol. The van der Waals surface area contributed by atoms with Crippen LogP contribution in [0.15, 0.2) is 24.3 Å². The summed E-state index contributed by atoms with van der Waals surface area (Å²) in [6, 6.07) is 7.43. The van der Waals surface area contributed by atoms with Gasteiger partial charge in [0, 0.05) is 31.2 Å². The van der Waals surface area contributed by atoms with Crippen LogP contribution in [0, 0.1) is 5.92 Å². The first-order valence-electron chi connectivity index (χ1n) is 8.63. The van der Waals surface area contributed by atoms with Gasteiger partial charge in [-0.05, 0) is 36.9 Å². The molecule has 0 atom stereocenters. The van der Waals surface area contributed by atoms with Gasteiger partial charge >= 0.3 is 0 Å². The summed E-state index contributed by atoms with van der Waals surface area (Å²) in [5.41, 5.74) is 0.854. The second-order valence-electron chi connectivity index (χ2n) is 6.60. The number of benzene rings is 1. The van der Waals surface area contributed by atoms with E-state index in [-0.39, 0.29) is 24.2 Å². The van der Waals surface area contributed by atoms with Crippen LogP contribution in [-0.2, 0) is 16.0 Å². The standard InChI is InChI=1S/C18H24ClN3O2.ClH/c19-16-4-2-1-3-15(16)11-17(23)21-7-9-22(10-8-21)18(24)13-20-12-14-5-6-14;/h1-4,14,20H,5-13H2;1H. The fraction of sp³-hybridized carbons (Fsp3) is 0.556. The molecule has 1 aliphatic heterocycles. The van der Waals surface area contributed by atoms with E-state index in [1.165, 1.54) is 12.8 Å². The lowest BCUT2D eigenvalue weighted by Crippen LogP contribution is -2.52. The SMILES string of the molecule is Cl.O=C(CNCC1CC1)N1CCN(C(=O)Cc2ccccc2Cl)CC1. The molecular weight excluding hydrogens is 361 g/mol. The maximum atomic E-state index is 12.4. The Balaban J connectivity index is 0.00000225. The predicted octanol–water partition coefficient (Wildman–Crippen LogP) is 1.97. The van der Waals surface area contributed by atoms with Gasteiger partial charge in [0.2, 0.25) is 11.8 Å². The third-order valence-electron chi connectivity index (χ3n) is 4.69. The molecule has 0 bridgehead atoms. The van der Waals surface area contributed by atoms with Crippen molar-refractivity contribution < 1.29 is 9.59 Å². The third kappa shape index (κ3) is 5.87. The molecule has 2 fully saturated rings. The maximum absolute atomic E-state index is 12.4. The number of carbonyl (C=O) groups excluding carboxylic acids is 2. The smallest absolute Gasteiger partial charge is 0.236 e. The molecule has 1 aromatic carbocycles. The number of amides is 2. The highest BCUT2D eigenvalue weighted by Gasteiger charge is 2.25. The lowest BCUT2D eigenvalue weighted by atomic mass is 10.1. The minimum atomic E-state index is 0. The molecule has 1 aliphatic carbocycles. The Labute approximate surface area is 160 Å². The number of nitrogens with zero attached hydrogens (tertiary/aromatic N) is 2. The molecule has 0 radical (unpaired) electrons. The number of rotatable bonds is 6. The van der Waals surface area contributed by atoms with Gasteiger partial charge in [-0.25, -0.2) is 0 Å². The summed E-state index contributed by atoms with van der Waals surface area (Å²) in [7, 11) is 0. The van der Waals surface area contributed by atoms with E-state index in [9.17, 15) is 9.59 Å². The van der Waals surface area contributed by atoms with Gasteiger partial charge in [-0.15, -0.1) is 12.4 Å². The molecule has 3 rings (SSSR count). The summed E-state index contributed by atoms with van der Waals surface area (Å²) in [6.45, 7) is 3.76. The number of hydrogen-bond donors (Lipinski definition) is 1. The van der Waals surface area contributed by atoms with Crippen LogP contribution in [0.3, 0.4) is 0 Å². The number of piperazine rings is 1. The molecule has 1 saturated carbocycles. The summed E-state index contributed by atoms with van der Waals surface area (Å²) in [5, 5.41) is 3.86. The quantitative estimate of drug-likeness (QED) is 0.814. The lowest BCUT2D eigenvalue weighted by Gasteiger charge is -2.35. The van der Waals surface area contributed by atoms with Crippen molar-refractivity contribution in [3.05, 3.63) is 34.9 Å². The average Bonchev–Trinajstić information content (AvgIpc) is 3.41. The molecule has 1 heterocycles. The highest BCUT2D eigenvalue weighted by molar-refractivity contribution is 6.31. The summed E-state index contributed by atoms with van der Waals surface area (Å²) in [5.74, 6) is 0.980. The molecule has 0 unspecified atom stereocenters. The fourth-order valence-corrected chi connectivity index (χ4v) is 3.14. The molecule has 1 aromatic rings.